The van der Waals surface area contributed by atoms with E-state index in [-0.39, 0.29) is 24.3 Å². The molecule has 0 fully saturated rings. The molecular formula is C18H12ClN3O2S2. The van der Waals surface area contributed by atoms with Crippen LogP contribution in [0.5, 0.6) is 0 Å². The van der Waals surface area contributed by atoms with Gasteiger partial charge >= 0.3 is 0 Å². The van der Waals surface area contributed by atoms with Crippen LogP contribution in [0.3, 0.4) is 0 Å². The van der Waals surface area contributed by atoms with E-state index >= 15 is 0 Å². The zero-order chi connectivity index (χ0) is 18.1. The molecule has 0 aliphatic carbocycles. The number of carbonyl (C=O) groups excluding carboxylic acids is 1. The molecule has 26 heavy (non-hydrogen) atoms. The van der Waals surface area contributed by atoms with Crippen molar-refractivity contribution in [3.8, 4) is 10.6 Å². The van der Waals surface area contributed by atoms with E-state index in [1.54, 1.807) is 30.6 Å². The number of rotatable bonds is 5. The lowest BCUT2D eigenvalue weighted by atomic mass is 10.1. The zero-order valence-electron chi connectivity index (χ0n) is 13.4. The quantitative estimate of drug-likeness (QED) is 0.506. The van der Waals surface area contributed by atoms with Crippen molar-refractivity contribution in [3.63, 3.8) is 0 Å². The number of hydrogen-bond donors (Lipinski definition) is 0. The minimum Gasteiger partial charge on any atom is -0.299 e. The fraction of sp³-hybridized carbons (Fsp3) is 0.111. The summed E-state index contributed by atoms with van der Waals surface area (Å²) in [5.74, 6) is -0.0697. The molecule has 4 heterocycles. The van der Waals surface area contributed by atoms with Crippen LogP contribution in [0, 0.1) is 0 Å². The number of ketones is 1. The molecule has 0 saturated heterocycles. The lowest BCUT2D eigenvalue weighted by Gasteiger charge is -2.09. The number of halogens is 1. The van der Waals surface area contributed by atoms with Gasteiger partial charge in [-0.1, -0.05) is 11.6 Å². The Morgan fingerprint density at radius 2 is 2.04 bits per heavy atom. The van der Waals surface area contributed by atoms with Gasteiger partial charge in [0.2, 0.25) is 0 Å². The smallest absolute Gasteiger partial charge is 0.251 e. The lowest BCUT2D eigenvalue weighted by molar-refractivity contribution is -0.118. The van der Waals surface area contributed by atoms with Gasteiger partial charge in [0.05, 0.1) is 22.6 Å². The predicted molar refractivity (Wildman–Crippen MR) is 105 cm³/mol. The number of Topliss-reactive ketones (excluding diaryl/α,β-unsaturated/α-hetero) is 1. The van der Waals surface area contributed by atoms with E-state index in [1.807, 2.05) is 10.8 Å². The summed E-state index contributed by atoms with van der Waals surface area (Å²) in [7, 11) is 0. The molecule has 0 aliphatic rings. The second-order valence-corrected chi connectivity index (χ2v) is 7.87. The maximum absolute atomic E-state index is 12.7. The number of thiazole rings is 1. The molecule has 4 aromatic heterocycles. The Kier molecular flexibility index (Phi) is 4.67. The minimum atomic E-state index is -0.219. The molecule has 0 spiro atoms. The largest absolute Gasteiger partial charge is 0.299 e. The van der Waals surface area contributed by atoms with Crippen molar-refractivity contribution in [3.05, 3.63) is 67.7 Å². The summed E-state index contributed by atoms with van der Waals surface area (Å²) in [5.41, 5.74) is 1.93. The van der Waals surface area contributed by atoms with Gasteiger partial charge in [0.15, 0.2) is 5.78 Å². The van der Waals surface area contributed by atoms with Gasteiger partial charge < -0.3 is 0 Å². The Morgan fingerprint density at radius 1 is 1.15 bits per heavy atom. The van der Waals surface area contributed by atoms with E-state index < -0.39 is 0 Å². The first-order valence-corrected chi connectivity index (χ1v) is 9.89. The van der Waals surface area contributed by atoms with Gasteiger partial charge in [-0.3, -0.25) is 19.1 Å². The third-order valence-corrected chi connectivity index (χ3v) is 6.12. The summed E-state index contributed by atoms with van der Waals surface area (Å²) in [6.45, 7) is -0.00526. The van der Waals surface area contributed by atoms with Crippen molar-refractivity contribution in [2.45, 2.75) is 13.0 Å². The van der Waals surface area contributed by atoms with Gasteiger partial charge in [-0.25, -0.2) is 4.98 Å². The van der Waals surface area contributed by atoms with Gasteiger partial charge in [0.25, 0.3) is 5.56 Å². The highest BCUT2D eigenvalue weighted by Gasteiger charge is 2.18. The number of hydrogen-bond acceptors (Lipinski definition) is 6. The van der Waals surface area contributed by atoms with Crippen molar-refractivity contribution in [2.24, 2.45) is 0 Å². The first-order valence-electron chi connectivity index (χ1n) is 7.75. The van der Waals surface area contributed by atoms with Crippen molar-refractivity contribution in [2.75, 3.05) is 0 Å². The van der Waals surface area contributed by atoms with Crippen LogP contribution in [0.25, 0.3) is 21.6 Å². The summed E-state index contributed by atoms with van der Waals surface area (Å²) >= 11 is 9.20. The third-order valence-electron chi connectivity index (χ3n) is 3.92. The molecule has 4 rings (SSSR count). The molecule has 0 bridgehead atoms. The Labute approximate surface area is 161 Å². The Balaban J connectivity index is 1.64. The van der Waals surface area contributed by atoms with Crippen molar-refractivity contribution < 1.29 is 4.79 Å². The van der Waals surface area contributed by atoms with Crippen LogP contribution in [-0.4, -0.2) is 20.3 Å². The van der Waals surface area contributed by atoms with Gasteiger partial charge in [0.1, 0.15) is 5.01 Å². The molecule has 130 valence electrons. The van der Waals surface area contributed by atoms with Gasteiger partial charge in [-0.15, -0.1) is 22.7 Å². The average Bonchev–Trinajstić information content (AvgIpc) is 3.27. The molecule has 4 aromatic rings. The molecule has 0 unspecified atom stereocenters. The standard InChI is InChI=1S/C18H12ClN3O2S2/c19-12-10-26-15(17(12)18-21-6-7-25-18)8-11(23)9-22-14-2-1-5-20-13(14)3-4-16(22)24/h1-7,10H,8-9H2. The highest BCUT2D eigenvalue weighted by atomic mass is 35.5. The molecule has 8 heteroatoms. The molecule has 0 aliphatic heterocycles. The average molecular weight is 402 g/mol. The van der Waals surface area contributed by atoms with Crippen LogP contribution in [0.2, 0.25) is 5.02 Å². The minimum absolute atomic E-state index is 0.00526. The summed E-state index contributed by atoms with van der Waals surface area (Å²) in [6, 6.07) is 6.65. The summed E-state index contributed by atoms with van der Waals surface area (Å²) in [5, 5.41) is 5.08. The Morgan fingerprint density at radius 3 is 2.85 bits per heavy atom. The van der Waals surface area contributed by atoms with Crippen molar-refractivity contribution in [1.29, 1.82) is 0 Å². The fourth-order valence-corrected chi connectivity index (χ4v) is 4.94. The third kappa shape index (κ3) is 3.21. The SMILES string of the molecule is O=C(Cc1scc(Cl)c1-c1nccs1)Cn1c(=O)ccc2ncccc21. The van der Waals surface area contributed by atoms with Crippen LogP contribution in [-0.2, 0) is 17.8 Å². The Hall–Kier alpha value is -2.35. The summed E-state index contributed by atoms with van der Waals surface area (Å²) in [6.07, 6.45) is 3.57. The second-order valence-electron chi connectivity index (χ2n) is 5.60. The highest BCUT2D eigenvalue weighted by Crippen LogP contribution is 2.37. The molecular weight excluding hydrogens is 390 g/mol. The number of fused-ring (bicyclic) bond motifs is 1. The van der Waals surface area contributed by atoms with E-state index in [1.165, 1.54) is 33.3 Å². The van der Waals surface area contributed by atoms with Crippen LogP contribution >= 0.6 is 34.3 Å². The van der Waals surface area contributed by atoms with E-state index in [4.69, 9.17) is 11.6 Å². The van der Waals surface area contributed by atoms with Crippen molar-refractivity contribution in [1.82, 2.24) is 14.5 Å². The number of pyridine rings is 2. The second kappa shape index (κ2) is 7.11. The topological polar surface area (TPSA) is 64.8 Å². The highest BCUT2D eigenvalue weighted by molar-refractivity contribution is 7.15. The normalized spacial score (nSPS) is 11.1. The predicted octanol–water partition coefficient (Wildman–Crippen LogP) is 4.05. The van der Waals surface area contributed by atoms with E-state index in [2.05, 4.69) is 9.97 Å². The van der Waals surface area contributed by atoms with Crippen LogP contribution in [0.1, 0.15) is 4.88 Å². The number of carbonyl (C=O) groups is 1. The Bertz CT molecular complexity index is 1150. The molecule has 0 saturated carbocycles. The first kappa shape index (κ1) is 17.1. The molecule has 0 aromatic carbocycles. The number of nitrogens with zero attached hydrogens (tertiary/aromatic N) is 3. The summed E-state index contributed by atoms with van der Waals surface area (Å²) < 4.78 is 1.46. The van der Waals surface area contributed by atoms with Crippen LogP contribution in [0.4, 0.5) is 0 Å². The maximum atomic E-state index is 12.7. The van der Waals surface area contributed by atoms with Crippen LogP contribution < -0.4 is 5.56 Å². The lowest BCUT2D eigenvalue weighted by Crippen LogP contribution is -2.24. The number of thiophene rings is 1. The van der Waals surface area contributed by atoms with Crippen molar-refractivity contribution >= 4 is 51.1 Å². The zero-order valence-corrected chi connectivity index (χ0v) is 15.8. The van der Waals surface area contributed by atoms with Gasteiger partial charge in [-0.2, -0.15) is 0 Å². The summed E-state index contributed by atoms with van der Waals surface area (Å²) in [4.78, 5) is 34.3. The molecule has 0 N–H and O–H groups in total. The monoisotopic (exact) mass is 401 g/mol. The number of aromatic nitrogens is 3. The molecule has 0 radical (unpaired) electrons. The molecule has 0 atom stereocenters. The fourth-order valence-electron chi connectivity index (χ4n) is 2.77. The maximum Gasteiger partial charge on any atom is 0.251 e. The van der Waals surface area contributed by atoms with E-state index in [9.17, 15) is 9.59 Å². The van der Waals surface area contributed by atoms with Gasteiger partial charge in [0, 0.05) is 46.1 Å². The van der Waals surface area contributed by atoms with Gasteiger partial charge in [-0.05, 0) is 18.2 Å². The van der Waals surface area contributed by atoms with E-state index in [0.29, 0.717) is 16.1 Å². The van der Waals surface area contributed by atoms with E-state index in [0.717, 1.165) is 15.4 Å². The van der Waals surface area contributed by atoms with Crippen LogP contribution in [0.15, 0.2) is 52.2 Å². The molecule has 5 nitrogen and oxygen atoms in total. The first-order chi connectivity index (χ1) is 12.6. The molecule has 0 amide bonds.